The Labute approximate surface area is 183 Å². The van der Waals surface area contributed by atoms with E-state index in [9.17, 15) is 9.90 Å². The highest BCUT2D eigenvalue weighted by Crippen LogP contribution is 2.39. The minimum Gasteiger partial charge on any atom is -0.489 e. The lowest BCUT2D eigenvalue weighted by atomic mass is 10.00. The highest BCUT2D eigenvalue weighted by molar-refractivity contribution is 5.69. The fourth-order valence-corrected chi connectivity index (χ4v) is 4.24. The minimum atomic E-state index is -0.643. The number of anilines is 1. The van der Waals surface area contributed by atoms with E-state index in [2.05, 4.69) is 39.4 Å². The fraction of sp³-hybridized carbons (Fsp3) is 0.458. The summed E-state index contributed by atoms with van der Waals surface area (Å²) in [6, 6.07) is 14.1. The van der Waals surface area contributed by atoms with Crippen molar-refractivity contribution in [3.05, 3.63) is 53.6 Å². The van der Waals surface area contributed by atoms with Crippen molar-refractivity contribution in [1.82, 2.24) is 10.2 Å². The summed E-state index contributed by atoms with van der Waals surface area (Å²) in [5.74, 6) is 1.40. The molecule has 2 heterocycles. The first kappa shape index (κ1) is 21.6. The van der Waals surface area contributed by atoms with Crippen LogP contribution in [0.25, 0.3) is 0 Å². The number of hydrogen-bond donors (Lipinski definition) is 2. The first-order valence-corrected chi connectivity index (χ1v) is 10.9. The Hall–Kier alpha value is -2.61. The standard InChI is InChI=1S/C24H31N3O4/c1-26-11-12-30-22-7-4-8-23(24(22)26)31-21(17-28)14-25-13-20(29)16-27-10-9-18-5-2-3-6-19(18)15-27/h2-8,17,20-21,25,29H,9-16H2,1H3. The molecule has 2 unspecified atom stereocenters. The molecule has 2 atom stereocenters. The number of β-amino-alcohol motifs (C(OH)–C–C–N with tert-alkyl or cyclic N) is 1. The van der Waals surface area contributed by atoms with Crippen LogP contribution >= 0.6 is 0 Å². The van der Waals surface area contributed by atoms with E-state index in [4.69, 9.17) is 9.47 Å². The molecule has 7 heteroatoms. The number of aldehydes is 1. The van der Waals surface area contributed by atoms with Crippen LogP contribution in [0.3, 0.4) is 0 Å². The number of aliphatic hydroxyl groups is 1. The second-order valence-electron chi connectivity index (χ2n) is 8.23. The number of hydrogen-bond acceptors (Lipinski definition) is 7. The lowest BCUT2D eigenvalue weighted by molar-refractivity contribution is -0.113. The van der Waals surface area contributed by atoms with Crippen molar-refractivity contribution in [2.75, 3.05) is 51.3 Å². The maximum Gasteiger partial charge on any atom is 0.166 e. The molecule has 4 rings (SSSR count). The number of aliphatic hydroxyl groups excluding tert-OH is 1. The van der Waals surface area contributed by atoms with E-state index in [1.165, 1.54) is 11.1 Å². The third-order valence-corrected chi connectivity index (χ3v) is 5.86. The molecule has 0 radical (unpaired) electrons. The molecule has 2 aliphatic heterocycles. The number of carbonyl (C=O) groups excluding carboxylic acids is 1. The molecule has 0 spiro atoms. The number of nitrogens with zero attached hydrogens (tertiary/aromatic N) is 2. The van der Waals surface area contributed by atoms with Gasteiger partial charge in [-0.1, -0.05) is 30.3 Å². The maximum absolute atomic E-state index is 11.6. The van der Waals surface area contributed by atoms with Crippen LogP contribution in [-0.4, -0.2) is 74.9 Å². The van der Waals surface area contributed by atoms with Crippen molar-refractivity contribution in [2.24, 2.45) is 0 Å². The summed E-state index contributed by atoms with van der Waals surface area (Å²) in [6.07, 6.45) is 0.651. The first-order valence-electron chi connectivity index (χ1n) is 10.9. The predicted octanol–water partition coefficient (Wildman–Crippen LogP) is 1.47. The number of carbonyl (C=O) groups is 1. The van der Waals surface area contributed by atoms with Crippen LogP contribution in [0.15, 0.2) is 42.5 Å². The van der Waals surface area contributed by atoms with Crippen LogP contribution in [-0.2, 0) is 17.8 Å². The van der Waals surface area contributed by atoms with Crippen molar-refractivity contribution in [3.63, 3.8) is 0 Å². The molecule has 0 aromatic heterocycles. The summed E-state index contributed by atoms with van der Waals surface area (Å²) in [5.41, 5.74) is 3.60. The van der Waals surface area contributed by atoms with Crippen molar-refractivity contribution >= 4 is 12.0 Å². The SMILES string of the molecule is CN1CCOc2cccc(OC(C=O)CNCC(O)CN3CCc4ccccc4C3)c21. The van der Waals surface area contributed by atoms with Gasteiger partial charge in [-0.3, -0.25) is 9.69 Å². The zero-order valence-corrected chi connectivity index (χ0v) is 18.0. The van der Waals surface area contributed by atoms with Crippen LogP contribution < -0.4 is 19.7 Å². The molecule has 0 amide bonds. The Bertz CT molecular complexity index is 891. The van der Waals surface area contributed by atoms with Crippen molar-refractivity contribution in [2.45, 2.75) is 25.2 Å². The van der Waals surface area contributed by atoms with Gasteiger partial charge in [-0.2, -0.15) is 0 Å². The molecule has 0 bridgehead atoms. The van der Waals surface area contributed by atoms with Gasteiger partial charge < -0.3 is 24.8 Å². The van der Waals surface area contributed by atoms with Gasteiger partial charge in [-0.15, -0.1) is 0 Å². The van der Waals surface area contributed by atoms with E-state index < -0.39 is 12.2 Å². The number of rotatable bonds is 9. The number of benzene rings is 2. The smallest absolute Gasteiger partial charge is 0.166 e. The Morgan fingerprint density at radius 1 is 1.16 bits per heavy atom. The number of fused-ring (bicyclic) bond motifs is 2. The quantitative estimate of drug-likeness (QED) is 0.590. The Kier molecular flexibility index (Phi) is 7.06. The van der Waals surface area contributed by atoms with E-state index in [0.29, 0.717) is 32.0 Å². The number of nitrogens with one attached hydrogen (secondary N) is 1. The molecule has 2 N–H and O–H groups in total. The molecule has 0 saturated carbocycles. The summed E-state index contributed by atoms with van der Waals surface area (Å²) in [6.45, 7) is 4.54. The summed E-state index contributed by atoms with van der Waals surface area (Å²) in [7, 11) is 1.98. The Balaban J connectivity index is 1.25. The number of para-hydroxylation sites is 1. The van der Waals surface area contributed by atoms with Gasteiger partial charge in [0.1, 0.15) is 23.8 Å². The Morgan fingerprint density at radius 2 is 2.00 bits per heavy atom. The average molecular weight is 426 g/mol. The normalized spacial score (nSPS) is 17.8. The van der Waals surface area contributed by atoms with Gasteiger partial charge >= 0.3 is 0 Å². The summed E-state index contributed by atoms with van der Waals surface area (Å²) >= 11 is 0. The highest BCUT2D eigenvalue weighted by atomic mass is 16.5. The van der Waals surface area contributed by atoms with Gasteiger partial charge in [0.2, 0.25) is 0 Å². The van der Waals surface area contributed by atoms with E-state index in [0.717, 1.165) is 43.8 Å². The van der Waals surface area contributed by atoms with E-state index >= 15 is 0 Å². The van der Waals surface area contributed by atoms with Crippen LogP contribution in [0.1, 0.15) is 11.1 Å². The molecular formula is C24H31N3O4. The first-order chi connectivity index (χ1) is 15.1. The largest absolute Gasteiger partial charge is 0.489 e. The molecule has 31 heavy (non-hydrogen) atoms. The average Bonchev–Trinajstić information content (AvgIpc) is 2.78. The minimum absolute atomic E-state index is 0.331. The maximum atomic E-state index is 11.6. The van der Waals surface area contributed by atoms with Gasteiger partial charge in [0.15, 0.2) is 12.4 Å². The molecule has 166 valence electrons. The predicted molar refractivity (Wildman–Crippen MR) is 120 cm³/mol. The van der Waals surface area contributed by atoms with Crippen LogP contribution in [0.2, 0.25) is 0 Å². The van der Waals surface area contributed by atoms with Crippen LogP contribution in [0, 0.1) is 0 Å². The third-order valence-electron chi connectivity index (χ3n) is 5.86. The second kappa shape index (κ2) is 10.1. The third kappa shape index (κ3) is 5.36. The van der Waals surface area contributed by atoms with Crippen molar-refractivity contribution in [1.29, 1.82) is 0 Å². The molecule has 2 aromatic carbocycles. The van der Waals surface area contributed by atoms with Gasteiger partial charge in [0.05, 0.1) is 12.6 Å². The zero-order valence-electron chi connectivity index (χ0n) is 18.0. The molecule has 0 saturated heterocycles. The van der Waals surface area contributed by atoms with Gasteiger partial charge in [-0.05, 0) is 29.7 Å². The topological polar surface area (TPSA) is 74.3 Å². The Morgan fingerprint density at radius 3 is 2.84 bits per heavy atom. The van der Waals surface area contributed by atoms with E-state index in [1.54, 1.807) is 0 Å². The fourth-order valence-electron chi connectivity index (χ4n) is 4.24. The lowest BCUT2D eigenvalue weighted by Gasteiger charge is -2.31. The zero-order chi connectivity index (χ0) is 21.6. The summed E-state index contributed by atoms with van der Waals surface area (Å²) < 4.78 is 11.7. The highest BCUT2D eigenvalue weighted by Gasteiger charge is 2.22. The summed E-state index contributed by atoms with van der Waals surface area (Å²) in [4.78, 5) is 15.9. The molecule has 0 aliphatic carbocycles. The van der Waals surface area contributed by atoms with Crippen LogP contribution in [0.4, 0.5) is 5.69 Å². The molecule has 7 nitrogen and oxygen atoms in total. The van der Waals surface area contributed by atoms with Crippen molar-refractivity contribution in [3.8, 4) is 11.5 Å². The summed E-state index contributed by atoms with van der Waals surface area (Å²) in [5, 5.41) is 13.6. The van der Waals surface area contributed by atoms with E-state index in [-0.39, 0.29) is 0 Å². The second-order valence-corrected chi connectivity index (χ2v) is 8.23. The van der Waals surface area contributed by atoms with Gasteiger partial charge in [0.25, 0.3) is 0 Å². The van der Waals surface area contributed by atoms with Gasteiger partial charge in [0, 0.05) is 39.8 Å². The van der Waals surface area contributed by atoms with E-state index in [1.807, 2.05) is 25.2 Å². The molecular weight excluding hydrogens is 394 g/mol. The van der Waals surface area contributed by atoms with Crippen molar-refractivity contribution < 1.29 is 19.4 Å². The number of likely N-dealkylation sites (N-methyl/N-ethyl adjacent to an activating group) is 1. The van der Waals surface area contributed by atoms with Gasteiger partial charge in [-0.25, -0.2) is 0 Å². The number of ether oxygens (including phenoxy) is 2. The molecule has 2 aliphatic rings. The van der Waals surface area contributed by atoms with Crippen LogP contribution in [0.5, 0.6) is 11.5 Å². The molecule has 2 aromatic rings. The lowest BCUT2D eigenvalue weighted by Crippen LogP contribution is -2.43. The molecule has 0 fully saturated rings. The monoisotopic (exact) mass is 425 g/mol.